The number of benzene rings is 2. The maximum absolute atomic E-state index is 12.8. The van der Waals surface area contributed by atoms with E-state index in [1.165, 1.54) is 0 Å². The van der Waals surface area contributed by atoms with Gasteiger partial charge in [0.15, 0.2) is 0 Å². The maximum Gasteiger partial charge on any atom is 0.243 e. The third kappa shape index (κ3) is 6.38. The zero-order chi connectivity index (χ0) is 22.3. The van der Waals surface area contributed by atoms with Gasteiger partial charge in [0.25, 0.3) is 0 Å². The van der Waals surface area contributed by atoms with E-state index in [9.17, 15) is 13.2 Å². The molecular weight excluding hydrogens is 404 g/mol. The van der Waals surface area contributed by atoms with Crippen molar-refractivity contribution in [2.45, 2.75) is 39.8 Å². The van der Waals surface area contributed by atoms with Crippen molar-refractivity contribution in [1.29, 1.82) is 0 Å². The summed E-state index contributed by atoms with van der Waals surface area (Å²) in [5.74, 6) is 0.975. The highest BCUT2D eigenvalue weighted by atomic mass is 32.2. The average Bonchev–Trinajstić information content (AvgIpc) is 2.68. The smallest absolute Gasteiger partial charge is 0.243 e. The molecule has 0 fully saturated rings. The van der Waals surface area contributed by atoms with E-state index < -0.39 is 22.0 Å². The fourth-order valence-corrected chi connectivity index (χ4v) is 4.18. The molecule has 2 rings (SSSR count). The molecule has 0 saturated heterocycles. The van der Waals surface area contributed by atoms with Crippen LogP contribution < -0.4 is 19.1 Å². The zero-order valence-electron chi connectivity index (χ0n) is 18.1. The van der Waals surface area contributed by atoms with Crippen LogP contribution in [0.25, 0.3) is 0 Å². The van der Waals surface area contributed by atoms with E-state index in [1.807, 2.05) is 45.0 Å². The molecule has 0 heterocycles. The topological polar surface area (TPSA) is 84.9 Å². The van der Waals surface area contributed by atoms with Crippen LogP contribution in [-0.4, -0.2) is 45.9 Å². The van der Waals surface area contributed by atoms with E-state index in [-0.39, 0.29) is 12.6 Å². The lowest BCUT2D eigenvalue weighted by molar-refractivity contribution is -0.122. The Morgan fingerprint density at radius 1 is 1.07 bits per heavy atom. The van der Waals surface area contributed by atoms with Crippen LogP contribution in [0, 0.1) is 6.92 Å². The molecule has 0 spiro atoms. The maximum atomic E-state index is 12.8. The lowest BCUT2D eigenvalue weighted by atomic mass is 10.2. The molecule has 1 amide bonds. The molecule has 0 radical (unpaired) electrons. The number of amides is 1. The molecule has 0 bridgehead atoms. The van der Waals surface area contributed by atoms with Crippen molar-refractivity contribution in [1.82, 2.24) is 5.32 Å². The number of anilines is 1. The van der Waals surface area contributed by atoms with E-state index in [0.29, 0.717) is 18.0 Å². The van der Waals surface area contributed by atoms with Crippen molar-refractivity contribution in [3.05, 3.63) is 54.1 Å². The molecule has 7 nitrogen and oxygen atoms in total. The molecule has 2 unspecified atom stereocenters. The lowest BCUT2D eigenvalue weighted by Crippen LogP contribution is -2.50. The molecule has 0 aliphatic carbocycles. The minimum absolute atomic E-state index is 0.269. The highest BCUT2D eigenvalue weighted by Gasteiger charge is 2.29. The summed E-state index contributed by atoms with van der Waals surface area (Å²) in [4.78, 5) is 12.8. The van der Waals surface area contributed by atoms with Crippen molar-refractivity contribution in [2.24, 2.45) is 0 Å². The Balaban J connectivity index is 2.07. The van der Waals surface area contributed by atoms with Gasteiger partial charge in [-0.25, -0.2) is 8.42 Å². The zero-order valence-corrected chi connectivity index (χ0v) is 18.9. The first-order chi connectivity index (χ1) is 14.1. The number of hydrogen-bond acceptors (Lipinski definition) is 5. The van der Waals surface area contributed by atoms with E-state index in [0.717, 1.165) is 21.9 Å². The molecule has 30 heavy (non-hydrogen) atoms. The van der Waals surface area contributed by atoms with Gasteiger partial charge in [-0.3, -0.25) is 9.10 Å². The first kappa shape index (κ1) is 23.5. The molecule has 0 aliphatic rings. The minimum Gasteiger partial charge on any atom is -0.494 e. The van der Waals surface area contributed by atoms with E-state index in [1.54, 1.807) is 31.2 Å². The number of carbonyl (C=O) groups excluding carboxylic acids is 1. The third-order valence-corrected chi connectivity index (χ3v) is 5.70. The molecule has 1 N–H and O–H groups in total. The Bertz CT molecular complexity index is 944. The number of hydrogen-bond donors (Lipinski definition) is 1. The Morgan fingerprint density at radius 3 is 2.27 bits per heavy atom. The number of ether oxygens (including phenoxy) is 2. The second-order valence-electron chi connectivity index (χ2n) is 7.15. The summed E-state index contributed by atoms with van der Waals surface area (Å²) in [5.41, 5.74) is 1.40. The van der Waals surface area contributed by atoms with Gasteiger partial charge in [-0.05, 0) is 63.6 Å². The van der Waals surface area contributed by atoms with E-state index in [4.69, 9.17) is 9.47 Å². The molecule has 2 aromatic rings. The monoisotopic (exact) mass is 434 g/mol. The fourth-order valence-electron chi connectivity index (χ4n) is 3.00. The van der Waals surface area contributed by atoms with Crippen LogP contribution >= 0.6 is 0 Å². The lowest BCUT2D eigenvalue weighted by Gasteiger charge is -2.29. The summed E-state index contributed by atoms with van der Waals surface area (Å²) in [6.07, 6.45) is 1.08. The molecule has 0 saturated carbocycles. The average molecular weight is 435 g/mol. The van der Waals surface area contributed by atoms with Crippen LogP contribution in [0.5, 0.6) is 11.5 Å². The van der Waals surface area contributed by atoms with E-state index >= 15 is 0 Å². The van der Waals surface area contributed by atoms with Crippen LogP contribution in [0.2, 0.25) is 0 Å². The number of nitrogens with one attached hydrogen (secondary N) is 1. The number of para-hydroxylation sites is 1. The van der Waals surface area contributed by atoms with Gasteiger partial charge in [0, 0.05) is 0 Å². The SMILES string of the molecule is CCOc1ccc(N(C(C)C(=O)NC(C)COc2ccccc2C)S(C)(=O)=O)cc1. The van der Waals surface area contributed by atoms with Crippen LogP contribution in [0.1, 0.15) is 26.3 Å². The van der Waals surface area contributed by atoms with Crippen molar-refractivity contribution in [3.63, 3.8) is 0 Å². The fraction of sp³-hybridized carbons (Fsp3) is 0.409. The Kier molecular flexibility index (Phi) is 8.11. The number of carbonyl (C=O) groups is 1. The van der Waals surface area contributed by atoms with Gasteiger partial charge in [0.05, 0.1) is 24.6 Å². The van der Waals surface area contributed by atoms with Crippen molar-refractivity contribution >= 4 is 21.6 Å². The van der Waals surface area contributed by atoms with Gasteiger partial charge in [-0.15, -0.1) is 0 Å². The third-order valence-electron chi connectivity index (χ3n) is 4.46. The first-order valence-electron chi connectivity index (χ1n) is 9.84. The second kappa shape index (κ2) is 10.3. The Hall–Kier alpha value is -2.74. The summed E-state index contributed by atoms with van der Waals surface area (Å²) in [5, 5.41) is 2.83. The molecule has 2 aromatic carbocycles. The number of aryl methyl sites for hydroxylation is 1. The molecular formula is C22H30N2O5S. The summed E-state index contributed by atoms with van der Waals surface area (Å²) >= 11 is 0. The number of rotatable bonds is 10. The highest BCUT2D eigenvalue weighted by Crippen LogP contribution is 2.24. The van der Waals surface area contributed by atoms with Crippen molar-refractivity contribution in [2.75, 3.05) is 23.8 Å². The molecule has 2 atom stereocenters. The van der Waals surface area contributed by atoms with Gasteiger partial charge < -0.3 is 14.8 Å². The summed E-state index contributed by atoms with van der Waals surface area (Å²) in [6, 6.07) is 13.0. The molecule has 8 heteroatoms. The largest absolute Gasteiger partial charge is 0.494 e. The van der Waals surface area contributed by atoms with Crippen LogP contribution in [0.15, 0.2) is 48.5 Å². The van der Waals surface area contributed by atoms with E-state index in [2.05, 4.69) is 5.32 Å². The molecule has 0 aromatic heterocycles. The predicted molar refractivity (Wildman–Crippen MR) is 119 cm³/mol. The summed E-state index contributed by atoms with van der Waals surface area (Å²) in [7, 11) is -3.68. The molecule has 164 valence electrons. The summed E-state index contributed by atoms with van der Waals surface area (Å²) in [6.45, 7) is 7.96. The van der Waals surface area contributed by atoms with Gasteiger partial charge in [-0.2, -0.15) is 0 Å². The highest BCUT2D eigenvalue weighted by molar-refractivity contribution is 7.92. The number of sulfonamides is 1. The van der Waals surface area contributed by atoms with Crippen LogP contribution in [-0.2, 0) is 14.8 Å². The Labute approximate surface area is 179 Å². The standard InChI is InChI=1S/C22H30N2O5S/c1-6-28-20-13-11-19(12-14-20)24(30(5,26)27)18(4)22(25)23-17(3)15-29-21-10-8-7-9-16(21)2/h7-14,17-18H,6,15H2,1-5H3,(H,23,25). The predicted octanol–water partition coefficient (Wildman–Crippen LogP) is 3.13. The van der Waals surface area contributed by atoms with Crippen molar-refractivity contribution < 1.29 is 22.7 Å². The Morgan fingerprint density at radius 2 is 1.70 bits per heavy atom. The number of nitrogens with zero attached hydrogens (tertiary/aromatic N) is 1. The summed E-state index contributed by atoms with van der Waals surface area (Å²) < 4.78 is 37.1. The van der Waals surface area contributed by atoms with Gasteiger partial charge in [0.2, 0.25) is 15.9 Å². The first-order valence-corrected chi connectivity index (χ1v) is 11.7. The minimum atomic E-state index is -3.68. The van der Waals surface area contributed by atoms with Gasteiger partial charge >= 0.3 is 0 Å². The quantitative estimate of drug-likeness (QED) is 0.621. The normalized spacial score (nSPS) is 13.2. The van der Waals surface area contributed by atoms with Crippen LogP contribution in [0.3, 0.4) is 0 Å². The van der Waals surface area contributed by atoms with Crippen molar-refractivity contribution in [3.8, 4) is 11.5 Å². The van der Waals surface area contributed by atoms with Gasteiger partial charge in [-0.1, -0.05) is 18.2 Å². The molecule has 0 aliphatic heterocycles. The van der Waals surface area contributed by atoms with Gasteiger partial charge in [0.1, 0.15) is 24.1 Å². The van der Waals surface area contributed by atoms with Crippen LogP contribution in [0.4, 0.5) is 5.69 Å². The second-order valence-corrected chi connectivity index (χ2v) is 9.01.